The van der Waals surface area contributed by atoms with Crippen LogP contribution in [0.5, 0.6) is 0 Å². The number of amides is 1. The van der Waals surface area contributed by atoms with Crippen LogP contribution in [0, 0.1) is 11.2 Å². The summed E-state index contributed by atoms with van der Waals surface area (Å²) in [5, 5.41) is 10.9. The first-order valence-corrected chi connectivity index (χ1v) is 8.43. The molecule has 0 aliphatic carbocycles. The lowest BCUT2D eigenvalue weighted by molar-refractivity contribution is -0.114. The average Bonchev–Trinajstić information content (AvgIpc) is 3.05. The zero-order valence-electron chi connectivity index (χ0n) is 12.9. The van der Waals surface area contributed by atoms with Crippen molar-refractivity contribution in [2.24, 2.45) is 4.99 Å². The Labute approximate surface area is 147 Å². The van der Waals surface area contributed by atoms with Crippen LogP contribution >= 0.6 is 11.8 Å². The molecule has 4 rings (SSSR count). The van der Waals surface area contributed by atoms with E-state index in [-0.39, 0.29) is 17.2 Å². The van der Waals surface area contributed by atoms with Gasteiger partial charge < -0.3 is 0 Å². The molecule has 2 aliphatic heterocycles. The number of fused-ring (bicyclic) bond motifs is 1. The predicted molar refractivity (Wildman–Crippen MR) is 98.4 cm³/mol. The topological polar surface area (TPSA) is 56.5 Å². The summed E-state index contributed by atoms with van der Waals surface area (Å²) in [6.07, 6.45) is 1.57. The van der Waals surface area contributed by atoms with E-state index in [1.807, 2.05) is 35.7 Å². The monoisotopic (exact) mass is 349 g/mol. The first-order chi connectivity index (χ1) is 12.1. The maximum atomic E-state index is 13.1. The van der Waals surface area contributed by atoms with Gasteiger partial charge >= 0.3 is 0 Å². The Bertz CT molecular complexity index is 962. The summed E-state index contributed by atoms with van der Waals surface area (Å²) in [4.78, 5) is 18.1. The predicted octanol–water partition coefficient (Wildman–Crippen LogP) is 4.13. The van der Waals surface area contributed by atoms with Crippen molar-refractivity contribution < 1.29 is 9.18 Å². The second kappa shape index (κ2) is 6.14. The van der Waals surface area contributed by atoms with E-state index in [1.165, 1.54) is 23.9 Å². The number of thioether (sulfide) groups is 1. The minimum atomic E-state index is -0.462. The van der Waals surface area contributed by atoms with Crippen LogP contribution in [0.25, 0.3) is 11.8 Å². The molecule has 122 valence electrons. The molecule has 0 spiro atoms. The summed E-state index contributed by atoms with van der Waals surface area (Å²) in [5.74, 6) is -0.743. The maximum absolute atomic E-state index is 13.1. The van der Waals surface area contributed by atoms with E-state index in [0.717, 1.165) is 11.3 Å². The van der Waals surface area contributed by atoms with E-state index < -0.39 is 5.91 Å². The van der Waals surface area contributed by atoms with Gasteiger partial charge in [0.1, 0.15) is 11.7 Å². The largest absolute Gasteiger partial charge is 0.283 e. The summed E-state index contributed by atoms with van der Waals surface area (Å²) in [7, 11) is 0. The van der Waals surface area contributed by atoms with Crippen LogP contribution in [0.4, 0.5) is 4.39 Å². The number of rotatable bonds is 2. The minimum Gasteiger partial charge on any atom is -0.283 e. The number of hydrogen-bond acceptors (Lipinski definition) is 3. The number of nitrogens with one attached hydrogen (secondary N) is 1. The lowest BCUT2D eigenvalue weighted by atomic mass is 10.1. The van der Waals surface area contributed by atoms with Gasteiger partial charge in [-0.05, 0) is 29.3 Å². The number of nitrogens with zero attached hydrogens (tertiary/aromatic N) is 2. The molecule has 2 aromatic rings. The number of carbonyl (C=O) groups excluding carboxylic acids is 1. The van der Waals surface area contributed by atoms with Gasteiger partial charge in [-0.25, -0.2) is 4.39 Å². The molecule has 2 heterocycles. The highest BCUT2D eigenvalue weighted by molar-refractivity contribution is 8.17. The Kier molecular flexibility index (Phi) is 3.82. The lowest BCUT2D eigenvalue weighted by Crippen LogP contribution is -2.38. The molecule has 0 aromatic heterocycles. The van der Waals surface area contributed by atoms with Crippen molar-refractivity contribution in [3.8, 4) is 0 Å². The van der Waals surface area contributed by atoms with Gasteiger partial charge in [-0.3, -0.25) is 15.1 Å². The van der Waals surface area contributed by atoms with E-state index in [4.69, 9.17) is 5.41 Å². The van der Waals surface area contributed by atoms with Crippen molar-refractivity contribution in [2.45, 2.75) is 0 Å². The van der Waals surface area contributed by atoms with Gasteiger partial charge in [0.15, 0.2) is 5.17 Å². The van der Waals surface area contributed by atoms with Crippen molar-refractivity contribution in [2.75, 3.05) is 0 Å². The molecular formula is C19H12FN3OS. The number of aliphatic imine (C=N–C) groups is 1. The molecule has 0 radical (unpaired) electrons. The Hall–Kier alpha value is -2.99. The summed E-state index contributed by atoms with van der Waals surface area (Å²) in [6, 6.07) is 15.4. The SMILES string of the molecule is N=C1/C(=C/c2ccc(F)cc2)C(=O)N=C2SC=C(c3ccccc3)N12. The van der Waals surface area contributed by atoms with Crippen molar-refractivity contribution >= 4 is 40.4 Å². The van der Waals surface area contributed by atoms with Crippen LogP contribution in [-0.2, 0) is 4.79 Å². The smallest absolute Gasteiger partial charge is 0.283 e. The summed E-state index contributed by atoms with van der Waals surface area (Å²) >= 11 is 1.32. The van der Waals surface area contributed by atoms with Gasteiger partial charge in [0.2, 0.25) is 0 Å². The Balaban J connectivity index is 1.74. The molecule has 2 aliphatic rings. The zero-order chi connectivity index (χ0) is 17.4. The average molecular weight is 349 g/mol. The molecule has 0 unspecified atom stereocenters. The van der Waals surface area contributed by atoms with E-state index in [1.54, 1.807) is 23.1 Å². The lowest BCUT2D eigenvalue weighted by Gasteiger charge is -2.26. The number of hydrogen-bond donors (Lipinski definition) is 1. The van der Waals surface area contributed by atoms with Gasteiger partial charge in [0.05, 0.1) is 11.3 Å². The van der Waals surface area contributed by atoms with Gasteiger partial charge in [-0.15, -0.1) is 0 Å². The molecule has 0 fully saturated rings. The summed E-state index contributed by atoms with van der Waals surface area (Å²) < 4.78 is 13.1. The van der Waals surface area contributed by atoms with E-state index in [2.05, 4.69) is 4.99 Å². The second-order valence-electron chi connectivity index (χ2n) is 5.48. The molecule has 25 heavy (non-hydrogen) atoms. The van der Waals surface area contributed by atoms with Gasteiger partial charge in [0.25, 0.3) is 5.91 Å². The highest BCUT2D eigenvalue weighted by Crippen LogP contribution is 2.37. The zero-order valence-corrected chi connectivity index (χ0v) is 13.8. The highest BCUT2D eigenvalue weighted by Gasteiger charge is 2.36. The van der Waals surface area contributed by atoms with Gasteiger partial charge in [-0.1, -0.05) is 54.2 Å². The van der Waals surface area contributed by atoms with Crippen LogP contribution in [0.3, 0.4) is 0 Å². The third kappa shape index (κ3) is 2.81. The van der Waals surface area contributed by atoms with E-state index in [0.29, 0.717) is 10.7 Å². The van der Waals surface area contributed by atoms with Crippen molar-refractivity contribution in [3.63, 3.8) is 0 Å². The number of benzene rings is 2. The third-order valence-corrected chi connectivity index (χ3v) is 4.69. The minimum absolute atomic E-state index is 0.0689. The standard InChI is InChI=1S/C19H12FN3OS/c20-14-8-6-12(7-9-14)10-15-17(21)23-16(13-4-2-1-3-5-13)11-25-19(23)22-18(15)24/h1-11,21H/b15-10-,21-17?. The normalized spacial score (nSPS) is 18.3. The molecule has 0 saturated heterocycles. The van der Waals surface area contributed by atoms with Gasteiger partial charge in [-0.2, -0.15) is 4.99 Å². The molecular weight excluding hydrogens is 337 g/mol. The van der Waals surface area contributed by atoms with Crippen LogP contribution in [0.1, 0.15) is 11.1 Å². The summed E-state index contributed by atoms with van der Waals surface area (Å²) in [6.45, 7) is 0. The fraction of sp³-hybridized carbons (Fsp3) is 0. The van der Waals surface area contributed by atoms with Gasteiger partial charge in [0, 0.05) is 5.41 Å². The number of amidine groups is 2. The molecule has 0 bridgehead atoms. The molecule has 1 amide bonds. The maximum Gasteiger partial charge on any atom is 0.283 e. The molecule has 0 atom stereocenters. The van der Waals surface area contributed by atoms with E-state index >= 15 is 0 Å². The molecule has 0 saturated carbocycles. The van der Waals surface area contributed by atoms with Crippen LogP contribution in [0.2, 0.25) is 0 Å². The summed E-state index contributed by atoms with van der Waals surface area (Å²) in [5.41, 5.74) is 2.58. The van der Waals surface area contributed by atoms with Crippen LogP contribution in [-0.4, -0.2) is 21.8 Å². The highest BCUT2D eigenvalue weighted by atomic mass is 32.2. The van der Waals surface area contributed by atoms with Crippen molar-refractivity contribution in [1.82, 2.24) is 4.90 Å². The number of halogens is 1. The fourth-order valence-corrected chi connectivity index (χ4v) is 3.53. The van der Waals surface area contributed by atoms with E-state index in [9.17, 15) is 9.18 Å². The third-order valence-electron chi connectivity index (χ3n) is 3.87. The second-order valence-corrected chi connectivity index (χ2v) is 6.32. The molecule has 6 heteroatoms. The molecule has 1 N–H and O–H groups in total. The first kappa shape index (κ1) is 15.5. The Morgan fingerprint density at radius 2 is 1.80 bits per heavy atom. The molecule has 4 nitrogen and oxygen atoms in total. The van der Waals surface area contributed by atoms with Crippen molar-refractivity contribution in [1.29, 1.82) is 5.41 Å². The van der Waals surface area contributed by atoms with Crippen LogP contribution in [0.15, 0.2) is 70.6 Å². The quantitative estimate of drug-likeness (QED) is 0.830. The Morgan fingerprint density at radius 1 is 1.08 bits per heavy atom. The van der Waals surface area contributed by atoms with Crippen molar-refractivity contribution in [3.05, 3.63) is 82.5 Å². The molecule has 2 aromatic carbocycles. The van der Waals surface area contributed by atoms with Crippen LogP contribution < -0.4 is 0 Å². The Morgan fingerprint density at radius 3 is 2.52 bits per heavy atom. The first-order valence-electron chi connectivity index (χ1n) is 7.55. The fourth-order valence-electron chi connectivity index (χ4n) is 2.64. The number of carbonyl (C=O) groups is 1.